The summed E-state index contributed by atoms with van der Waals surface area (Å²) in [5, 5.41) is 3.99. The molecule has 0 spiro atoms. The summed E-state index contributed by atoms with van der Waals surface area (Å²) >= 11 is 0. The van der Waals surface area contributed by atoms with E-state index in [0.717, 1.165) is 38.3 Å². The van der Waals surface area contributed by atoms with E-state index in [9.17, 15) is 0 Å². The molecule has 1 fully saturated rings. The molecule has 0 saturated carbocycles. The molecule has 1 saturated heterocycles. The van der Waals surface area contributed by atoms with Crippen LogP contribution < -0.4 is 15.9 Å². The van der Waals surface area contributed by atoms with Crippen molar-refractivity contribution in [2.75, 3.05) is 6.16 Å². The van der Waals surface area contributed by atoms with Gasteiger partial charge in [0, 0.05) is 0 Å². The molecule has 0 aromatic heterocycles. The quantitative estimate of drug-likeness (QED) is 0.165. The zero-order chi connectivity index (χ0) is 27.8. The van der Waals surface area contributed by atoms with Gasteiger partial charge in [0.1, 0.15) is 0 Å². The van der Waals surface area contributed by atoms with Crippen LogP contribution in [-0.4, -0.2) is 11.8 Å². The Morgan fingerprint density at radius 1 is 0.641 bits per heavy atom. The van der Waals surface area contributed by atoms with Gasteiger partial charge in [0.2, 0.25) is 0 Å². The Morgan fingerprint density at radius 3 is 1.44 bits per heavy atom. The zero-order valence-electron chi connectivity index (χ0n) is 24.7. The Hall–Kier alpha value is -2.73. The molecule has 1 atom stereocenters. The van der Waals surface area contributed by atoms with Gasteiger partial charge in [-0.05, 0) is 13.8 Å². The molecule has 0 aliphatic carbocycles. The van der Waals surface area contributed by atoms with Crippen LogP contribution in [0.2, 0.25) is 0 Å². The molecule has 0 N–H and O–H groups in total. The van der Waals surface area contributed by atoms with E-state index in [1.165, 1.54) is 39.1 Å². The average Bonchev–Trinajstić information content (AvgIpc) is 2.93. The van der Waals surface area contributed by atoms with Crippen molar-refractivity contribution in [3.63, 3.8) is 0 Å². The fourth-order valence-electron chi connectivity index (χ4n) is 6.31. The third-order valence-corrected chi connectivity index (χ3v) is 14.5. The van der Waals surface area contributed by atoms with Gasteiger partial charge in [-0.3, -0.25) is 0 Å². The van der Waals surface area contributed by atoms with Crippen molar-refractivity contribution in [3.05, 3.63) is 126 Å². The molecular weight excluding hydrogens is 491 g/mol. The monoisotopic (exact) mass is 538 g/mol. The molecule has 39 heavy (non-hydrogen) atoms. The van der Waals surface area contributed by atoms with Gasteiger partial charge in [-0.1, -0.05) is 11.6 Å². The van der Waals surface area contributed by atoms with Gasteiger partial charge >= 0.3 is 213 Å². The Labute approximate surface area is 237 Å². The second-order valence-corrected chi connectivity index (χ2v) is 16.4. The Morgan fingerprint density at radius 2 is 1.03 bits per heavy atom. The molecule has 0 radical (unpaired) electrons. The molecule has 1 unspecified atom stereocenters. The van der Waals surface area contributed by atoms with Gasteiger partial charge in [0.05, 0.1) is 0 Å². The Bertz CT molecular complexity index is 1190. The summed E-state index contributed by atoms with van der Waals surface area (Å²) in [6.45, 7) is 8.20. The van der Waals surface area contributed by atoms with Crippen molar-refractivity contribution in [1.29, 1.82) is 0 Å². The van der Waals surface area contributed by atoms with Gasteiger partial charge in [-0.15, -0.1) is 0 Å². The predicted molar refractivity (Wildman–Crippen MR) is 174 cm³/mol. The van der Waals surface area contributed by atoms with Crippen LogP contribution in [0.5, 0.6) is 0 Å². The molecular formula is C37H47OP. The van der Waals surface area contributed by atoms with Crippen molar-refractivity contribution < 1.29 is 4.52 Å². The SMILES string of the molecule is CC(C)=CCCC(C)=CCCC(C)=CCCC1(C)CP(c2ccccc2)(c2ccccc2)(c2ccccc2)O1. The van der Waals surface area contributed by atoms with Gasteiger partial charge in [-0.25, -0.2) is 0 Å². The van der Waals surface area contributed by atoms with E-state index in [4.69, 9.17) is 4.52 Å². The maximum absolute atomic E-state index is 7.50. The van der Waals surface area contributed by atoms with Crippen molar-refractivity contribution in [2.24, 2.45) is 0 Å². The fourth-order valence-corrected chi connectivity index (χ4v) is 13.0. The van der Waals surface area contributed by atoms with Crippen LogP contribution in [0.4, 0.5) is 0 Å². The van der Waals surface area contributed by atoms with E-state index in [-0.39, 0.29) is 5.60 Å². The average molecular weight is 539 g/mol. The van der Waals surface area contributed by atoms with E-state index >= 15 is 0 Å². The molecule has 1 nitrogen and oxygen atoms in total. The minimum absolute atomic E-state index is 0.155. The van der Waals surface area contributed by atoms with Crippen LogP contribution in [0.25, 0.3) is 0 Å². The molecule has 4 rings (SSSR count). The molecule has 206 valence electrons. The molecule has 3 aromatic rings. The molecule has 3 aromatic carbocycles. The first-order valence-corrected chi connectivity index (χ1v) is 17.0. The van der Waals surface area contributed by atoms with Crippen molar-refractivity contribution >= 4 is 22.7 Å². The van der Waals surface area contributed by atoms with E-state index < -0.39 is 6.83 Å². The molecule has 1 aliphatic heterocycles. The molecule has 2 heteroatoms. The van der Waals surface area contributed by atoms with Gasteiger partial charge in [0.25, 0.3) is 0 Å². The first-order valence-electron chi connectivity index (χ1n) is 14.6. The predicted octanol–water partition coefficient (Wildman–Crippen LogP) is 9.42. The second-order valence-electron chi connectivity index (χ2n) is 11.9. The summed E-state index contributed by atoms with van der Waals surface area (Å²) in [7, 11) is 0. The topological polar surface area (TPSA) is 9.23 Å². The van der Waals surface area contributed by atoms with Crippen LogP contribution >= 0.6 is 6.83 Å². The minimum atomic E-state index is -3.03. The Kier molecular flexibility index (Phi) is 9.47. The number of rotatable bonds is 12. The van der Waals surface area contributed by atoms with Gasteiger partial charge < -0.3 is 0 Å². The number of benzene rings is 3. The van der Waals surface area contributed by atoms with Crippen LogP contribution in [0.15, 0.2) is 126 Å². The molecule has 0 amide bonds. The first-order chi connectivity index (χ1) is 18.8. The van der Waals surface area contributed by atoms with E-state index in [1.807, 2.05) is 0 Å². The molecule has 1 aliphatic rings. The standard InChI is InChI=1S/C37H47OP/c1-31(2)18-15-19-32(3)20-16-21-33(4)22-17-29-37(5)30-39(38-37,34-23-9-6-10-24-34,35-25-11-7-12-26-35)36-27-13-8-14-28-36/h6-14,18,20,22-28H,15-17,19,21,29-30H2,1-5H3. The summed E-state index contributed by atoms with van der Waals surface area (Å²) < 4.78 is 7.50. The molecule has 0 bridgehead atoms. The Balaban J connectivity index is 1.50. The second kappa shape index (κ2) is 12.6. The fraction of sp³-hybridized carbons (Fsp3) is 0.351. The summed E-state index contributed by atoms with van der Waals surface area (Å²) in [5.41, 5.74) is 4.24. The van der Waals surface area contributed by atoms with E-state index in [0.29, 0.717) is 0 Å². The summed E-state index contributed by atoms with van der Waals surface area (Å²) in [6, 6.07) is 33.1. The van der Waals surface area contributed by atoms with Crippen molar-refractivity contribution in [1.82, 2.24) is 0 Å². The van der Waals surface area contributed by atoms with Crippen LogP contribution in [0.1, 0.15) is 73.1 Å². The van der Waals surface area contributed by atoms with Gasteiger partial charge in [-0.2, -0.15) is 0 Å². The van der Waals surface area contributed by atoms with Crippen molar-refractivity contribution in [2.45, 2.75) is 78.7 Å². The summed E-state index contributed by atoms with van der Waals surface area (Å²) in [6.07, 6.45) is 14.9. The first kappa shape index (κ1) is 29.3. The van der Waals surface area contributed by atoms with Crippen LogP contribution in [-0.2, 0) is 4.52 Å². The summed E-state index contributed by atoms with van der Waals surface area (Å²) in [5.74, 6) is 0. The number of hydrogen-bond donors (Lipinski definition) is 0. The van der Waals surface area contributed by atoms with E-state index in [1.54, 1.807) is 0 Å². The van der Waals surface area contributed by atoms with Crippen LogP contribution in [0.3, 0.4) is 0 Å². The third kappa shape index (κ3) is 6.37. The zero-order valence-corrected chi connectivity index (χ0v) is 25.6. The van der Waals surface area contributed by atoms with Gasteiger partial charge in [0.15, 0.2) is 0 Å². The van der Waals surface area contributed by atoms with E-state index in [2.05, 4.69) is 144 Å². The molecule has 1 heterocycles. The number of allylic oxidation sites excluding steroid dienone is 6. The summed E-state index contributed by atoms with van der Waals surface area (Å²) in [4.78, 5) is 0. The normalized spacial score (nSPS) is 21.3. The van der Waals surface area contributed by atoms with Crippen LogP contribution in [0, 0.1) is 0 Å². The number of hydrogen-bond acceptors (Lipinski definition) is 1. The maximum atomic E-state index is 7.50. The van der Waals surface area contributed by atoms with Crippen molar-refractivity contribution in [3.8, 4) is 0 Å². The third-order valence-electron chi connectivity index (χ3n) is 8.25.